The van der Waals surface area contributed by atoms with E-state index in [0.717, 1.165) is 0 Å². The molecule has 0 amide bonds. The molecule has 0 bridgehead atoms. The van der Waals surface area contributed by atoms with Crippen molar-refractivity contribution >= 4 is 0 Å². The summed E-state index contributed by atoms with van der Waals surface area (Å²) in [5, 5.41) is 0. The van der Waals surface area contributed by atoms with Gasteiger partial charge in [0.15, 0.2) is 0 Å². The fourth-order valence-corrected chi connectivity index (χ4v) is 0. The molecule has 7 heavy (non-hydrogen) atoms. The average molecular weight is 258 g/mol. The minimum atomic E-state index is 0. The van der Waals surface area contributed by atoms with Crippen LogP contribution in [0.5, 0.6) is 0 Å². The summed E-state index contributed by atoms with van der Waals surface area (Å²) in [5.74, 6) is 0. The van der Waals surface area contributed by atoms with Gasteiger partial charge in [-0.25, -0.2) is 0 Å². The molecule has 0 aliphatic rings. The second kappa shape index (κ2) is 219. The van der Waals surface area contributed by atoms with Gasteiger partial charge in [-0.1, -0.05) is 0 Å². The van der Waals surface area contributed by atoms with Crippen molar-refractivity contribution in [2.75, 3.05) is 0 Å². The first-order chi connectivity index (χ1) is 0. The van der Waals surface area contributed by atoms with Crippen molar-refractivity contribution in [3.05, 3.63) is 0 Å². The first kappa shape index (κ1) is 339. The van der Waals surface area contributed by atoms with Crippen molar-refractivity contribution in [1.29, 1.82) is 0 Å². The molecule has 0 aromatic rings. The molecule has 7 heteroatoms. The summed E-state index contributed by atoms with van der Waals surface area (Å²) in [6, 6.07) is 0. The van der Waals surface area contributed by atoms with Gasteiger partial charge >= 0.3 is 0 Å². The molecular formula is H12O6Sm. The fraction of sp³-hybridized carbons (Fsp3) is 0. The molecule has 0 aromatic heterocycles. The van der Waals surface area contributed by atoms with E-state index in [0.29, 0.717) is 0 Å². The van der Waals surface area contributed by atoms with Gasteiger partial charge in [0, 0.05) is 40.4 Å². The molecule has 12 N–H and O–H groups in total. The molecule has 0 unspecified atom stereocenters. The third kappa shape index (κ3) is 153. The molecule has 0 saturated carbocycles. The molecule has 0 rings (SSSR count). The van der Waals surface area contributed by atoms with E-state index in [-0.39, 0.29) is 73.2 Å². The molecule has 0 atom stereocenters. The van der Waals surface area contributed by atoms with Gasteiger partial charge in [-0.15, -0.1) is 0 Å². The van der Waals surface area contributed by atoms with Crippen LogP contribution in [0.25, 0.3) is 0 Å². The molecular weight excluding hydrogens is 246 g/mol. The van der Waals surface area contributed by atoms with Gasteiger partial charge in [0.1, 0.15) is 0 Å². The van der Waals surface area contributed by atoms with Gasteiger partial charge in [0.25, 0.3) is 0 Å². The van der Waals surface area contributed by atoms with Crippen LogP contribution >= 0.6 is 0 Å². The van der Waals surface area contributed by atoms with E-state index >= 15 is 0 Å². The maximum absolute atomic E-state index is 0. The molecule has 0 heterocycles. The molecule has 0 fully saturated rings. The summed E-state index contributed by atoms with van der Waals surface area (Å²) in [7, 11) is 0. The van der Waals surface area contributed by atoms with Crippen molar-refractivity contribution in [3.8, 4) is 0 Å². The van der Waals surface area contributed by atoms with Crippen LogP contribution in [-0.2, 0) is 0 Å². The third-order valence-corrected chi connectivity index (χ3v) is 0. The predicted octanol–water partition coefficient (Wildman–Crippen LogP) is -4.95. The van der Waals surface area contributed by atoms with E-state index < -0.39 is 0 Å². The first-order valence-electron chi connectivity index (χ1n) is 0. The zero-order valence-corrected chi connectivity index (χ0v) is 6.03. The standard InChI is InChI=1S/6H2O.Sm/h6*1H2;. The van der Waals surface area contributed by atoms with E-state index in [2.05, 4.69) is 0 Å². The van der Waals surface area contributed by atoms with Crippen molar-refractivity contribution in [2.45, 2.75) is 0 Å². The van der Waals surface area contributed by atoms with Crippen LogP contribution in [0.4, 0.5) is 0 Å². The second-order valence-electron chi connectivity index (χ2n) is 0. The monoisotopic (exact) mass is 260 g/mol. The van der Waals surface area contributed by atoms with Crippen LogP contribution < -0.4 is 0 Å². The van der Waals surface area contributed by atoms with Gasteiger partial charge in [-0.05, 0) is 0 Å². The zero-order chi connectivity index (χ0) is 0. The number of rotatable bonds is 0. The van der Waals surface area contributed by atoms with Crippen LogP contribution in [0.1, 0.15) is 0 Å². The molecule has 0 spiro atoms. The normalized spacial score (nSPS) is 0. The quantitative estimate of drug-likeness (QED) is 0.402. The Morgan fingerprint density at radius 1 is 0.286 bits per heavy atom. The molecule has 54 valence electrons. The van der Waals surface area contributed by atoms with Crippen LogP contribution in [0.15, 0.2) is 0 Å². The Morgan fingerprint density at radius 2 is 0.286 bits per heavy atom. The van der Waals surface area contributed by atoms with Gasteiger partial charge in [-0.3, -0.25) is 0 Å². The summed E-state index contributed by atoms with van der Waals surface area (Å²) >= 11 is 0. The first-order valence-corrected chi connectivity index (χ1v) is 0. The summed E-state index contributed by atoms with van der Waals surface area (Å²) in [5.41, 5.74) is 0. The van der Waals surface area contributed by atoms with Crippen LogP contribution in [0, 0.1) is 40.4 Å². The summed E-state index contributed by atoms with van der Waals surface area (Å²) in [6.45, 7) is 0. The SMILES string of the molecule is O.O.O.O.O.O.[Sm]. The summed E-state index contributed by atoms with van der Waals surface area (Å²) in [6.07, 6.45) is 0. The fourth-order valence-electron chi connectivity index (χ4n) is 0. The largest absolute Gasteiger partial charge is 0.412 e. The maximum Gasteiger partial charge on any atom is 0 e. The maximum atomic E-state index is 0. The third-order valence-electron chi connectivity index (χ3n) is 0. The molecule has 6 nitrogen and oxygen atoms in total. The van der Waals surface area contributed by atoms with Crippen molar-refractivity contribution in [1.82, 2.24) is 0 Å². The van der Waals surface area contributed by atoms with Gasteiger partial charge in [0.05, 0.1) is 0 Å². The molecule has 0 aliphatic carbocycles. The summed E-state index contributed by atoms with van der Waals surface area (Å²) < 4.78 is 0. The Bertz CT molecular complexity index is 4.14. The topological polar surface area (TPSA) is 189 Å². The Labute approximate surface area is 72.9 Å². The van der Waals surface area contributed by atoms with Gasteiger partial charge < -0.3 is 32.9 Å². The van der Waals surface area contributed by atoms with E-state index in [1.807, 2.05) is 0 Å². The van der Waals surface area contributed by atoms with E-state index in [1.54, 1.807) is 0 Å². The second-order valence-corrected chi connectivity index (χ2v) is 0. The Balaban J connectivity index is 0. The Morgan fingerprint density at radius 3 is 0.286 bits per heavy atom. The Kier molecular flexibility index (Phi) is 10600. The molecule has 0 radical (unpaired) electrons. The van der Waals surface area contributed by atoms with E-state index in [1.165, 1.54) is 0 Å². The predicted molar refractivity (Wildman–Crippen MR) is 21.7 cm³/mol. The van der Waals surface area contributed by atoms with Crippen molar-refractivity contribution < 1.29 is 73.2 Å². The minimum Gasteiger partial charge on any atom is -0.412 e. The molecule has 0 saturated heterocycles. The molecule has 0 aliphatic heterocycles. The van der Waals surface area contributed by atoms with E-state index in [9.17, 15) is 0 Å². The van der Waals surface area contributed by atoms with Crippen LogP contribution in [0.3, 0.4) is 0 Å². The van der Waals surface area contributed by atoms with Crippen LogP contribution in [0.2, 0.25) is 0 Å². The number of hydrogen-bond donors (Lipinski definition) is 0. The van der Waals surface area contributed by atoms with E-state index in [4.69, 9.17) is 0 Å². The van der Waals surface area contributed by atoms with Gasteiger partial charge in [-0.2, -0.15) is 0 Å². The van der Waals surface area contributed by atoms with Gasteiger partial charge in [0.2, 0.25) is 0 Å². The van der Waals surface area contributed by atoms with Crippen molar-refractivity contribution in [2.24, 2.45) is 0 Å². The summed E-state index contributed by atoms with van der Waals surface area (Å²) in [4.78, 5) is 0. The smallest absolute Gasteiger partial charge is 0 e. The van der Waals surface area contributed by atoms with Crippen molar-refractivity contribution in [3.63, 3.8) is 0 Å². The average Bonchev–Trinajstić information content (AvgIpc) is 0. The minimum absolute atomic E-state index is 0. The number of hydrogen-bond acceptors (Lipinski definition) is 0. The molecule has 0 aromatic carbocycles. The zero-order valence-electron chi connectivity index (χ0n) is 3.41. The Hall–Kier alpha value is 1.10. The van der Waals surface area contributed by atoms with Crippen LogP contribution in [-0.4, -0.2) is 32.9 Å².